The van der Waals surface area contributed by atoms with Crippen LogP contribution in [0.5, 0.6) is 0 Å². The zero-order chi connectivity index (χ0) is 13.6. The summed E-state index contributed by atoms with van der Waals surface area (Å²) in [7, 11) is 0. The number of aromatic amines is 1. The van der Waals surface area contributed by atoms with Crippen LogP contribution in [0, 0.1) is 6.92 Å². The van der Waals surface area contributed by atoms with E-state index in [-0.39, 0.29) is 12.3 Å². The number of hydrogen-bond donors (Lipinski definition) is 3. The van der Waals surface area contributed by atoms with Crippen LogP contribution in [0.1, 0.15) is 22.6 Å². The third-order valence-corrected chi connectivity index (χ3v) is 4.12. The van der Waals surface area contributed by atoms with E-state index in [4.69, 9.17) is 16.7 Å². The molecule has 0 saturated heterocycles. The number of aromatic nitrogens is 1. The van der Waals surface area contributed by atoms with E-state index in [1.807, 2.05) is 19.2 Å². The summed E-state index contributed by atoms with van der Waals surface area (Å²) in [5.41, 5.74) is 5.13. The highest BCUT2D eigenvalue weighted by Crippen LogP contribution is 2.41. The van der Waals surface area contributed by atoms with E-state index in [0.29, 0.717) is 5.88 Å². The smallest absolute Gasteiger partial charge is 0.307 e. The molecule has 1 atom stereocenters. The summed E-state index contributed by atoms with van der Waals surface area (Å²) >= 11 is 6.04. The molecule has 100 valence electrons. The third kappa shape index (κ3) is 1.87. The Hall–Kier alpha value is -1.68. The number of aryl methyl sites for hydroxylation is 1. The fourth-order valence-corrected chi connectivity index (χ4v) is 3.18. The lowest BCUT2D eigenvalue weighted by atomic mass is 9.94. The van der Waals surface area contributed by atoms with Gasteiger partial charge in [0.15, 0.2) is 0 Å². The molecule has 0 amide bonds. The van der Waals surface area contributed by atoms with Gasteiger partial charge in [0, 0.05) is 41.1 Å². The normalized spacial score (nSPS) is 17.5. The van der Waals surface area contributed by atoms with E-state index in [9.17, 15) is 4.79 Å². The molecule has 4 nitrogen and oxygen atoms in total. The molecule has 19 heavy (non-hydrogen) atoms. The number of carbonyl (C=O) groups is 1. The molecule has 2 heterocycles. The highest BCUT2D eigenvalue weighted by atomic mass is 35.5. The van der Waals surface area contributed by atoms with E-state index in [2.05, 4.69) is 10.3 Å². The summed E-state index contributed by atoms with van der Waals surface area (Å²) in [4.78, 5) is 14.2. The molecular weight excluding hydrogens is 264 g/mol. The van der Waals surface area contributed by atoms with Crippen LogP contribution >= 0.6 is 11.6 Å². The minimum absolute atomic E-state index is 0.0248. The Balaban J connectivity index is 2.28. The topological polar surface area (TPSA) is 65.1 Å². The summed E-state index contributed by atoms with van der Waals surface area (Å²) in [5.74, 6) is 0.0331. The molecule has 5 heteroatoms. The number of carboxylic acids is 1. The molecule has 0 unspecified atom stereocenters. The predicted molar refractivity (Wildman–Crippen MR) is 76.3 cm³/mol. The highest BCUT2D eigenvalue weighted by Gasteiger charge is 2.27. The third-order valence-electron chi connectivity index (χ3n) is 3.75. The lowest BCUT2D eigenvalue weighted by Crippen LogP contribution is -2.03. The molecule has 1 aromatic carbocycles. The van der Waals surface area contributed by atoms with Crippen molar-refractivity contribution >= 4 is 34.2 Å². The maximum Gasteiger partial charge on any atom is 0.307 e. The van der Waals surface area contributed by atoms with Gasteiger partial charge >= 0.3 is 5.97 Å². The van der Waals surface area contributed by atoms with Crippen LogP contribution in [-0.4, -0.2) is 28.5 Å². The van der Waals surface area contributed by atoms with Crippen LogP contribution in [0.4, 0.5) is 5.69 Å². The SMILES string of the molecule is Cc1c[nH]c2c(CC(=O)O)cc3c(c12)[C@H](CCl)CN3. The number of anilines is 1. The van der Waals surface area contributed by atoms with E-state index in [1.54, 1.807) is 0 Å². The first-order valence-electron chi connectivity index (χ1n) is 6.27. The summed E-state index contributed by atoms with van der Waals surface area (Å²) in [5, 5.41) is 13.5. The van der Waals surface area contributed by atoms with Crippen LogP contribution < -0.4 is 5.32 Å². The Morgan fingerprint density at radius 2 is 2.37 bits per heavy atom. The van der Waals surface area contributed by atoms with Gasteiger partial charge in [-0.25, -0.2) is 0 Å². The molecular formula is C14H15ClN2O2. The Labute approximate surface area is 115 Å². The van der Waals surface area contributed by atoms with Crippen LogP contribution in [0.15, 0.2) is 12.3 Å². The number of H-pyrrole nitrogens is 1. The van der Waals surface area contributed by atoms with Crippen molar-refractivity contribution in [2.75, 3.05) is 17.7 Å². The molecule has 0 fully saturated rings. The van der Waals surface area contributed by atoms with E-state index in [0.717, 1.165) is 34.3 Å². The molecule has 2 aromatic rings. The van der Waals surface area contributed by atoms with Crippen LogP contribution in [0.2, 0.25) is 0 Å². The van der Waals surface area contributed by atoms with Gasteiger partial charge in [-0.05, 0) is 29.7 Å². The second-order valence-corrected chi connectivity index (χ2v) is 5.33. The van der Waals surface area contributed by atoms with Gasteiger partial charge in [0.05, 0.1) is 6.42 Å². The molecule has 1 aliphatic heterocycles. The lowest BCUT2D eigenvalue weighted by Gasteiger charge is -2.11. The number of fused-ring (bicyclic) bond motifs is 3. The monoisotopic (exact) mass is 278 g/mol. The first-order chi connectivity index (χ1) is 9.11. The van der Waals surface area contributed by atoms with Gasteiger partial charge in [-0.3, -0.25) is 4.79 Å². The van der Waals surface area contributed by atoms with Gasteiger partial charge < -0.3 is 15.4 Å². The quantitative estimate of drug-likeness (QED) is 0.757. The second-order valence-electron chi connectivity index (χ2n) is 5.02. The lowest BCUT2D eigenvalue weighted by molar-refractivity contribution is -0.136. The van der Waals surface area contributed by atoms with E-state index in [1.165, 1.54) is 5.56 Å². The number of rotatable bonds is 3. The second kappa shape index (κ2) is 4.46. The standard InChI is InChI=1S/C14H15ClN2O2/c1-7-5-17-14-8(3-11(18)19)2-10-13(12(7)14)9(4-15)6-16-10/h2,5,9,16-17H,3-4,6H2,1H3,(H,18,19)/t9-/m1/s1. The van der Waals surface area contributed by atoms with Gasteiger partial charge in [-0.1, -0.05) is 0 Å². The number of halogens is 1. The van der Waals surface area contributed by atoms with Crippen LogP contribution in [0.3, 0.4) is 0 Å². The maximum absolute atomic E-state index is 11.0. The zero-order valence-electron chi connectivity index (χ0n) is 10.6. The van der Waals surface area contributed by atoms with Crippen molar-refractivity contribution in [3.8, 4) is 0 Å². The van der Waals surface area contributed by atoms with Crippen LogP contribution in [-0.2, 0) is 11.2 Å². The molecule has 3 N–H and O–H groups in total. The first-order valence-corrected chi connectivity index (χ1v) is 6.80. The van der Waals surface area contributed by atoms with Crippen molar-refractivity contribution < 1.29 is 9.90 Å². The van der Waals surface area contributed by atoms with Crippen molar-refractivity contribution in [3.63, 3.8) is 0 Å². The van der Waals surface area contributed by atoms with E-state index >= 15 is 0 Å². The fraction of sp³-hybridized carbons (Fsp3) is 0.357. The number of hydrogen-bond acceptors (Lipinski definition) is 2. The summed E-state index contributed by atoms with van der Waals surface area (Å²) in [6.45, 7) is 2.85. The summed E-state index contributed by atoms with van der Waals surface area (Å²) in [6, 6.07) is 1.94. The molecule has 0 radical (unpaired) electrons. The van der Waals surface area contributed by atoms with Crippen molar-refractivity contribution in [3.05, 3.63) is 29.0 Å². The number of nitrogens with one attached hydrogen (secondary N) is 2. The average molecular weight is 279 g/mol. The van der Waals surface area contributed by atoms with Crippen molar-refractivity contribution in [2.45, 2.75) is 19.3 Å². The fourth-order valence-electron chi connectivity index (χ4n) is 2.92. The molecule has 1 aromatic heterocycles. The van der Waals surface area contributed by atoms with E-state index < -0.39 is 5.97 Å². The molecule has 1 aliphatic rings. The van der Waals surface area contributed by atoms with Gasteiger partial charge in [0.25, 0.3) is 0 Å². The highest BCUT2D eigenvalue weighted by molar-refractivity contribution is 6.18. The Bertz CT molecular complexity index is 663. The number of carboxylic acid groups (broad SMARTS) is 1. The number of aliphatic carboxylic acids is 1. The Morgan fingerprint density at radius 3 is 3.05 bits per heavy atom. The maximum atomic E-state index is 11.0. The number of benzene rings is 1. The van der Waals surface area contributed by atoms with Crippen LogP contribution in [0.25, 0.3) is 10.9 Å². The molecule has 0 aliphatic carbocycles. The van der Waals surface area contributed by atoms with Crippen molar-refractivity contribution in [1.82, 2.24) is 4.98 Å². The van der Waals surface area contributed by atoms with Crippen molar-refractivity contribution in [1.29, 1.82) is 0 Å². The van der Waals surface area contributed by atoms with Gasteiger partial charge in [0.1, 0.15) is 0 Å². The number of alkyl halides is 1. The molecule has 0 bridgehead atoms. The largest absolute Gasteiger partial charge is 0.481 e. The minimum Gasteiger partial charge on any atom is -0.481 e. The summed E-state index contributed by atoms with van der Waals surface area (Å²) in [6.07, 6.45) is 1.96. The van der Waals surface area contributed by atoms with Gasteiger partial charge in [0.2, 0.25) is 0 Å². The van der Waals surface area contributed by atoms with Gasteiger partial charge in [-0.2, -0.15) is 0 Å². The Kier molecular flexibility index (Phi) is 2.90. The molecule has 3 rings (SSSR count). The zero-order valence-corrected chi connectivity index (χ0v) is 11.3. The minimum atomic E-state index is -0.819. The molecule has 0 spiro atoms. The average Bonchev–Trinajstić information content (AvgIpc) is 2.92. The molecule has 0 saturated carbocycles. The first kappa shape index (κ1) is 12.4. The summed E-state index contributed by atoms with van der Waals surface area (Å²) < 4.78 is 0. The van der Waals surface area contributed by atoms with Gasteiger partial charge in [-0.15, -0.1) is 11.6 Å². The van der Waals surface area contributed by atoms with Crippen molar-refractivity contribution in [2.24, 2.45) is 0 Å². The Morgan fingerprint density at radius 1 is 1.58 bits per heavy atom. The predicted octanol–water partition coefficient (Wildman–Crippen LogP) is 2.85.